The molecule has 0 spiro atoms. The van der Waals surface area contributed by atoms with Crippen LogP contribution in [0.25, 0.3) is 0 Å². The Labute approximate surface area is 167 Å². The van der Waals surface area contributed by atoms with Crippen LogP contribution in [-0.4, -0.2) is 58.4 Å². The van der Waals surface area contributed by atoms with E-state index >= 15 is 0 Å². The van der Waals surface area contributed by atoms with Crippen LogP contribution < -0.4 is 24.6 Å². The largest absolute Gasteiger partial charge is 0.497 e. The Bertz CT molecular complexity index is 728. The van der Waals surface area contributed by atoms with Gasteiger partial charge in [0, 0.05) is 5.69 Å². The highest BCUT2D eigenvalue weighted by Gasteiger charge is 2.30. The molecule has 2 aromatic carbocycles. The maximum absolute atomic E-state index is 12.5. The first-order chi connectivity index (χ1) is 13.7. The van der Waals surface area contributed by atoms with Crippen molar-refractivity contribution >= 4 is 11.6 Å². The Morgan fingerprint density at radius 3 is 2.29 bits per heavy atom. The number of nitrogens with one attached hydrogen (secondary N) is 3. The molecule has 0 aliphatic carbocycles. The monoisotopic (exact) mass is 385 g/mol. The van der Waals surface area contributed by atoms with Crippen LogP contribution in [0.1, 0.15) is 6.92 Å². The summed E-state index contributed by atoms with van der Waals surface area (Å²) in [6.45, 7) is 7.81. The molecule has 1 fully saturated rings. The van der Waals surface area contributed by atoms with Gasteiger partial charge in [-0.05, 0) is 43.3 Å². The number of carbonyl (C=O) groups excluding carboxylic acids is 1. The minimum absolute atomic E-state index is 0.0442. The summed E-state index contributed by atoms with van der Waals surface area (Å²) in [6, 6.07) is 17.3. The molecule has 1 aliphatic heterocycles. The third-order valence-electron chi connectivity index (χ3n) is 5.43. The van der Waals surface area contributed by atoms with Crippen LogP contribution in [0.5, 0.6) is 11.5 Å². The molecule has 3 N–H and O–H groups in total. The van der Waals surface area contributed by atoms with E-state index < -0.39 is 0 Å². The molecule has 1 saturated heterocycles. The predicted octanol–water partition coefficient (Wildman–Crippen LogP) is -0.115. The van der Waals surface area contributed by atoms with Gasteiger partial charge in [-0.2, -0.15) is 0 Å². The van der Waals surface area contributed by atoms with Gasteiger partial charge in [-0.15, -0.1) is 0 Å². The van der Waals surface area contributed by atoms with Gasteiger partial charge in [0.15, 0.2) is 6.04 Å². The summed E-state index contributed by atoms with van der Waals surface area (Å²) in [4.78, 5) is 15.4. The van der Waals surface area contributed by atoms with Crippen LogP contribution >= 0.6 is 0 Å². The average molecular weight is 386 g/mol. The number of hydrogen-bond acceptors (Lipinski definition) is 3. The molecule has 0 radical (unpaired) electrons. The van der Waals surface area contributed by atoms with Gasteiger partial charge >= 0.3 is 0 Å². The first-order valence-corrected chi connectivity index (χ1v) is 9.96. The minimum atomic E-state index is -0.0442. The topological polar surface area (TPSA) is 56.4 Å². The summed E-state index contributed by atoms with van der Waals surface area (Å²) in [7, 11) is 1.66. The van der Waals surface area contributed by atoms with E-state index in [1.807, 2.05) is 61.5 Å². The normalized spacial score (nSPS) is 20.2. The van der Waals surface area contributed by atoms with Crippen molar-refractivity contribution in [2.75, 3.05) is 51.8 Å². The number of quaternary nitrogens is 2. The molecule has 28 heavy (non-hydrogen) atoms. The van der Waals surface area contributed by atoms with E-state index in [1.165, 1.54) is 9.80 Å². The zero-order valence-corrected chi connectivity index (χ0v) is 16.7. The SMILES string of the molecule is COc1ccc(OCC[NH+]2CC[NH+]([C@H](C)C(=O)Nc3ccccc3)CC2)cc1. The van der Waals surface area contributed by atoms with Gasteiger partial charge in [0.2, 0.25) is 0 Å². The van der Waals surface area contributed by atoms with Crippen LogP contribution in [0, 0.1) is 0 Å². The van der Waals surface area contributed by atoms with Crippen molar-refractivity contribution in [3.8, 4) is 11.5 Å². The molecule has 1 aliphatic rings. The van der Waals surface area contributed by atoms with Crippen molar-refractivity contribution in [3.05, 3.63) is 54.6 Å². The molecule has 0 saturated carbocycles. The maximum atomic E-state index is 12.5. The molecule has 3 rings (SSSR count). The van der Waals surface area contributed by atoms with E-state index in [0.29, 0.717) is 6.61 Å². The van der Waals surface area contributed by atoms with E-state index in [2.05, 4.69) is 5.32 Å². The fourth-order valence-electron chi connectivity index (χ4n) is 3.55. The lowest BCUT2D eigenvalue weighted by Gasteiger charge is -2.32. The molecular formula is C22H31N3O3+2. The summed E-state index contributed by atoms with van der Waals surface area (Å²) in [6.07, 6.45) is 0. The first kappa shape index (κ1) is 20.2. The molecule has 1 amide bonds. The van der Waals surface area contributed by atoms with E-state index in [0.717, 1.165) is 49.9 Å². The predicted molar refractivity (Wildman–Crippen MR) is 109 cm³/mol. The van der Waals surface area contributed by atoms with Crippen LogP contribution in [0.2, 0.25) is 0 Å². The minimum Gasteiger partial charge on any atom is -0.497 e. The second-order valence-corrected chi connectivity index (χ2v) is 7.26. The van der Waals surface area contributed by atoms with Gasteiger partial charge < -0.3 is 24.6 Å². The van der Waals surface area contributed by atoms with Gasteiger partial charge in [-0.25, -0.2) is 0 Å². The highest BCUT2D eigenvalue weighted by atomic mass is 16.5. The number of benzene rings is 2. The number of methoxy groups -OCH3 is 1. The number of rotatable bonds is 8. The van der Waals surface area contributed by atoms with Crippen molar-refractivity contribution in [1.29, 1.82) is 0 Å². The average Bonchev–Trinajstić information content (AvgIpc) is 2.75. The second-order valence-electron chi connectivity index (χ2n) is 7.26. The Hall–Kier alpha value is -2.57. The summed E-state index contributed by atoms with van der Waals surface area (Å²) < 4.78 is 11.0. The molecule has 0 bridgehead atoms. The number of piperazine rings is 1. The lowest BCUT2D eigenvalue weighted by molar-refractivity contribution is -1.02. The lowest BCUT2D eigenvalue weighted by atomic mass is 10.2. The molecule has 1 atom stereocenters. The molecule has 1 heterocycles. The number of amides is 1. The number of para-hydroxylation sites is 1. The third kappa shape index (κ3) is 5.71. The quantitative estimate of drug-likeness (QED) is 0.594. The molecule has 6 nitrogen and oxygen atoms in total. The zero-order chi connectivity index (χ0) is 19.8. The number of hydrogen-bond donors (Lipinski definition) is 3. The van der Waals surface area contributed by atoms with E-state index in [4.69, 9.17) is 9.47 Å². The van der Waals surface area contributed by atoms with Crippen molar-refractivity contribution in [1.82, 2.24) is 0 Å². The van der Waals surface area contributed by atoms with Crippen LogP contribution in [0.4, 0.5) is 5.69 Å². The molecular weight excluding hydrogens is 354 g/mol. The van der Waals surface area contributed by atoms with Crippen LogP contribution in [0.3, 0.4) is 0 Å². The zero-order valence-electron chi connectivity index (χ0n) is 16.7. The summed E-state index contributed by atoms with van der Waals surface area (Å²) in [5.41, 5.74) is 0.860. The van der Waals surface area contributed by atoms with Crippen LogP contribution in [-0.2, 0) is 4.79 Å². The molecule has 0 unspecified atom stereocenters. The Balaban J connectivity index is 1.37. The molecule has 6 heteroatoms. The summed E-state index contributed by atoms with van der Waals surface area (Å²) in [5.74, 6) is 1.80. The molecule has 2 aromatic rings. The Kier molecular flexibility index (Phi) is 7.28. The first-order valence-electron chi connectivity index (χ1n) is 9.96. The smallest absolute Gasteiger partial charge is 0.282 e. The standard InChI is InChI=1S/C22H29N3O3/c1-18(22(26)23-19-6-4-3-5-7-19)25-14-12-24(13-15-25)16-17-28-21-10-8-20(27-2)9-11-21/h3-11,18H,12-17H2,1-2H3,(H,23,26)/p+2/t18-/m1/s1. The number of carbonyl (C=O) groups is 1. The number of ether oxygens (including phenoxy) is 2. The maximum Gasteiger partial charge on any atom is 0.282 e. The third-order valence-corrected chi connectivity index (χ3v) is 5.43. The van der Waals surface area contributed by atoms with Crippen molar-refractivity contribution in [3.63, 3.8) is 0 Å². The Morgan fingerprint density at radius 1 is 1.00 bits per heavy atom. The van der Waals surface area contributed by atoms with Crippen LogP contribution in [0.15, 0.2) is 54.6 Å². The van der Waals surface area contributed by atoms with Crippen molar-refractivity contribution < 1.29 is 24.1 Å². The summed E-state index contributed by atoms with van der Waals surface area (Å²) in [5, 5.41) is 3.02. The molecule has 0 aromatic heterocycles. The van der Waals surface area contributed by atoms with Gasteiger partial charge in [-0.1, -0.05) is 18.2 Å². The van der Waals surface area contributed by atoms with Crippen molar-refractivity contribution in [2.24, 2.45) is 0 Å². The molecule has 150 valence electrons. The van der Waals surface area contributed by atoms with Gasteiger partial charge in [0.25, 0.3) is 5.91 Å². The second kappa shape index (κ2) is 10.1. The fourth-order valence-corrected chi connectivity index (χ4v) is 3.55. The number of anilines is 1. The van der Waals surface area contributed by atoms with Gasteiger partial charge in [0.1, 0.15) is 50.8 Å². The van der Waals surface area contributed by atoms with E-state index in [9.17, 15) is 4.79 Å². The van der Waals surface area contributed by atoms with E-state index in [1.54, 1.807) is 7.11 Å². The summed E-state index contributed by atoms with van der Waals surface area (Å²) >= 11 is 0. The highest BCUT2D eigenvalue weighted by Crippen LogP contribution is 2.16. The Morgan fingerprint density at radius 2 is 1.64 bits per heavy atom. The highest BCUT2D eigenvalue weighted by molar-refractivity contribution is 5.93. The van der Waals surface area contributed by atoms with E-state index in [-0.39, 0.29) is 11.9 Å². The fraction of sp³-hybridized carbons (Fsp3) is 0.409. The van der Waals surface area contributed by atoms with Gasteiger partial charge in [-0.3, -0.25) is 4.79 Å². The van der Waals surface area contributed by atoms with Gasteiger partial charge in [0.05, 0.1) is 7.11 Å². The van der Waals surface area contributed by atoms with Crippen molar-refractivity contribution in [2.45, 2.75) is 13.0 Å². The lowest BCUT2D eigenvalue weighted by Crippen LogP contribution is -3.30.